The van der Waals surface area contributed by atoms with Crippen LogP contribution in [-0.4, -0.2) is 43.2 Å². The van der Waals surface area contributed by atoms with Gasteiger partial charge in [0, 0.05) is 6.04 Å². The molecule has 1 aromatic carbocycles. The predicted molar refractivity (Wildman–Crippen MR) is 96.9 cm³/mol. The van der Waals surface area contributed by atoms with Gasteiger partial charge in [0.15, 0.2) is 0 Å². The number of ether oxygens (including phenoxy) is 2. The van der Waals surface area contributed by atoms with Gasteiger partial charge in [-0.3, -0.25) is 0 Å². The van der Waals surface area contributed by atoms with Gasteiger partial charge in [0.1, 0.15) is 5.75 Å². The van der Waals surface area contributed by atoms with Gasteiger partial charge < -0.3 is 14.4 Å². The van der Waals surface area contributed by atoms with Crippen molar-refractivity contribution in [3.8, 4) is 5.75 Å². The summed E-state index contributed by atoms with van der Waals surface area (Å²) in [5.74, 6) is 0.603. The third-order valence-electron chi connectivity index (χ3n) is 4.72. The number of likely N-dealkylation sites (tertiary alicyclic amines) is 1. The zero-order valence-electron chi connectivity index (χ0n) is 15.6. The number of nitrogens with zero attached hydrogens (tertiary/aromatic N) is 1. The minimum atomic E-state index is -0.222. The summed E-state index contributed by atoms with van der Waals surface area (Å²) in [6.45, 7) is 11.7. The highest BCUT2D eigenvalue weighted by Crippen LogP contribution is 2.23. The number of carbonyl (C=O) groups excluding carboxylic acids is 1. The van der Waals surface area contributed by atoms with E-state index in [1.807, 2.05) is 26.0 Å². The van der Waals surface area contributed by atoms with E-state index < -0.39 is 0 Å². The first-order valence-corrected chi connectivity index (χ1v) is 9.18. The zero-order valence-corrected chi connectivity index (χ0v) is 15.6. The second-order valence-electron chi connectivity index (χ2n) is 6.80. The zero-order chi connectivity index (χ0) is 17.5. The lowest BCUT2D eigenvalue weighted by molar-refractivity contribution is 0.0469. The number of benzene rings is 1. The Balaban J connectivity index is 1.89. The molecule has 4 heteroatoms. The number of esters is 1. The molecule has 0 amide bonds. The molecule has 4 nitrogen and oxygen atoms in total. The van der Waals surface area contributed by atoms with Crippen LogP contribution in [0.25, 0.3) is 0 Å². The first-order valence-electron chi connectivity index (χ1n) is 9.18. The normalized spacial score (nSPS) is 16.2. The summed E-state index contributed by atoms with van der Waals surface area (Å²) in [5, 5.41) is 0. The molecule has 0 aromatic heterocycles. The second-order valence-corrected chi connectivity index (χ2v) is 6.80. The van der Waals surface area contributed by atoms with Crippen molar-refractivity contribution in [2.24, 2.45) is 0 Å². The van der Waals surface area contributed by atoms with Crippen molar-refractivity contribution >= 4 is 5.97 Å². The average molecular weight is 333 g/mol. The molecular formula is C20H31NO3. The van der Waals surface area contributed by atoms with Crippen LogP contribution in [0, 0.1) is 13.8 Å². The van der Waals surface area contributed by atoms with Gasteiger partial charge in [-0.25, -0.2) is 4.79 Å². The quantitative estimate of drug-likeness (QED) is 0.671. The summed E-state index contributed by atoms with van der Waals surface area (Å²) in [4.78, 5) is 14.9. The third kappa shape index (κ3) is 4.97. The van der Waals surface area contributed by atoms with Crippen LogP contribution in [0.3, 0.4) is 0 Å². The number of aryl methyl sites for hydroxylation is 2. The molecule has 134 valence electrons. The minimum Gasteiger partial charge on any atom is -0.494 e. The molecule has 1 saturated heterocycles. The Bertz CT molecular complexity index is 527. The Kier molecular flexibility index (Phi) is 7.10. The maximum absolute atomic E-state index is 12.4. The Morgan fingerprint density at radius 2 is 1.79 bits per heavy atom. The Morgan fingerprint density at radius 1 is 1.17 bits per heavy atom. The standard InChI is InChI=1S/C20H31NO3/c1-5-11-23-18-13-15(2)19(16(3)14-18)20(22)24-12-8-17(4)21-9-6-7-10-21/h13-14,17H,5-12H2,1-4H3/t17-/m1/s1. The lowest BCUT2D eigenvalue weighted by Gasteiger charge is -2.23. The lowest BCUT2D eigenvalue weighted by Crippen LogP contribution is -2.31. The maximum Gasteiger partial charge on any atom is 0.338 e. The number of rotatable bonds is 8. The van der Waals surface area contributed by atoms with Crippen LogP contribution in [0.5, 0.6) is 5.75 Å². The third-order valence-corrected chi connectivity index (χ3v) is 4.72. The number of hydrogen-bond acceptors (Lipinski definition) is 4. The summed E-state index contributed by atoms with van der Waals surface area (Å²) in [5.41, 5.74) is 2.50. The summed E-state index contributed by atoms with van der Waals surface area (Å²) >= 11 is 0. The first-order chi connectivity index (χ1) is 11.5. The van der Waals surface area contributed by atoms with E-state index >= 15 is 0 Å². The van der Waals surface area contributed by atoms with Gasteiger partial charge >= 0.3 is 5.97 Å². The fraction of sp³-hybridized carbons (Fsp3) is 0.650. The summed E-state index contributed by atoms with van der Waals surface area (Å²) in [6.07, 6.45) is 4.43. The molecule has 1 atom stereocenters. The maximum atomic E-state index is 12.4. The Labute approximate surface area is 146 Å². The summed E-state index contributed by atoms with van der Waals surface area (Å²) in [7, 11) is 0. The molecule has 1 fully saturated rings. The average Bonchev–Trinajstić information content (AvgIpc) is 3.06. The molecule has 0 unspecified atom stereocenters. The smallest absolute Gasteiger partial charge is 0.338 e. The van der Waals surface area contributed by atoms with Gasteiger partial charge in [0.2, 0.25) is 0 Å². The molecule has 1 aliphatic rings. The fourth-order valence-corrected chi connectivity index (χ4v) is 3.31. The van der Waals surface area contributed by atoms with E-state index in [1.54, 1.807) is 0 Å². The predicted octanol–water partition coefficient (Wildman–Crippen LogP) is 4.12. The molecular weight excluding hydrogens is 302 g/mol. The molecule has 0 aliphatic carbocycles. The SMILES string of the molecule is CCCOc1cc(C)c(C(=O)OCC[C@@H](C)N2CCCC2)c(C)c1. The van der Waals surface area contributed by atoms with Crippen molar-refractivity contribution in [3.05, 3.63) is 28.8 Å². The van der Waals surface area contributed by atoms with Crippen molar-refractivity contribution in [1.29, 1.82) is 0 Å². The van der Waals surface area contributed by atoms with Gasteiger partial charge in [-0.05, 0) is 82.8 Å². The molecule has 1 heterocycles. The van der Waals surface area contributed by atoms with E-state index in [9.17, 15) is 4.79 Å². The lowest BCUT2D eigenvalue weighted by atomic mass is 10.0. The highest BCUT2D eigenvalue weighted by molar-refractivity contribution is 5.93. The molecule has 0 saturated carbocycles. The number of carbonyl (C=O) groups is 1. The first kappa shape index (κ1) is 18.8. The largest absolute Gasteiger partial charge is 0.494 e. The molecule has 0 radical (unpaired) electrons. The van der Waals surface area contributed by atoms with E-state index in [-0.39, 0.29) is 5.97 Å². The van der Waals surface area contributed by atoms with Crippen LogP contribution in [0.4, 0.5) is 0 Å². The van der Waals surface area contributed by atoms with Crippen molar-refractivity contribution in [2.45, 2.75) is 59.4 Å². The highest BCUT2D eigenvalue weighted by atomic mass is 16.5. The number of hydrogen-bond donors (Lipinski definition) is 0. The topological polar surface area (TPSA) is 38.8 Å². The van der Waals surface area contributed by atoms with Crippen LogP contribution < -0.4 is 4.74 Å². The van der Waals surface area contributed by atoms with Crippen LogP contribution >= 0.6 is 0 Å². The van der Waals surface area contributed by atoms with Crippen molar-refractivity contribution in [3.63, 3.8) is 0 Å². The van der Waals surface area contributed by atoms with Gasteiger partial charge in [0.25, 0.3) is 0 Å². The molecule has 0 N–H and O–H groups in total. The van der Waals surface area contributed by atoms with Crippen LogP contribution in [0.2, 0.25) is 0 Å². The molecule has 1 aliphatic heterocycles. The van der Waals surface area contributed by atoms with Gasteiger partial charge in [-0.2, -0.15) is 0 Å². The van der Waals surface area contributed by atoms with Crippen molar-refractivity contribution < 1.29 is 14.3 Å². The Morgan fingerprint density at radius 3 is 2.38 bits per heavy atom. The van der Waals surface area contributed by atoms with Crippen LogP contribution in [-0.2, 0) is 4.74 Å². The van der Waals surface area contributed by atoms with E-state index in [0.29, 0.717) is 24.8 Å². The monoisotopic (exact) mass is 333 g/mol. The molecule has 24 heavy (non-hydrogen) atoms. The van der Waals surface area contributed by atoms with Gasteiger partial charge in [-0.1, -0.05) is 6.92 Å². The minimum absolute atomic E-state index is 0.222. The highest BCUT2D eigenvalue weighted by Gasteiger charge is 2.19. The van der Waals surface area contributed by atoms with E-state index in [1.165, 1.54) is 25.9 Å². The fourth-order valence-electron chi connectivity index (χ4n) is 3.31. The second kappa shape index (κ2) is 9.07. The summed E-state index contributed by atoms with van der Waals surface area (Å²) in [6, 6.07) is 4.32. The van der Waals surface area contributed by atoms with Gasteiger partial charge in [0.05, 0.1) is 18.8 Å². The van der Waals surface area contributed by atoms with E-state index in [4.69, 9.17) is 9.47 Å². The Hall–Kier alpha value is -1.55. The van der Waals surface area contributed by atoms with Crippen molar-refractivity contribution in [1.82, 2.24) is 4.90 Å². The van der Waals surface area contributed by atoms with E-state index in [2.05, 4.69) is 18.7 Å². The molecule has 1 aromatic rings. The van der Waals surface area contributed by atoms with Crippen LogP contribution in [0.1, 0.15) is 61.0 Å². The van der Waals surface area contributed by atoms with Gasteiger partial charge in [-0.15, -0.1) is 0 Å². The van der Waals surface area contributed by atoms with E-state index in [0.717, 1.165) is 29.7 Å². The summed E-state index contributed by atoms with van der Waals surface area (Å²) < 4.78 is 11.2. The molecule has 0 bridgehead atoms. The van der Waals surface area contributed by atoms with Crippen LogP contribution in [0.15, 0.2) is 12.1 Å². The van der Waals surface area contributed by atoms with Crippen molar-refractivity contribution in [2.75, 3.05) is 26.3 Å². The molecule has 2 rings (SSSR count). The molecule has 0 spiro atoms.